The molecule has 4 nitrogen and oxygen atoms in total. The number of likely N-dealkylation sites (N-methyl/N-ethyl adjacent to an activating group) is 1. The van der Waals surface area contributed by atoms with Crippen LogP contribution in [0.5, 0.6) is 0 Å². The lowest BCUT2D eigenvalue weighted by molar-refractivity contribution is 0.843. The number of nitriles is 1. The van der Waals surface area contributed by atoms with Gasteiger partial charge in [-0.1, -0.05) is 24.3 Å². The van der Waals surface area contributed by atoms with Gasteiger partial charge in [-0.2, -0.15) is 5.26 Å². The lowest BCUT2D eigenvalue weighted by Gasteiger charge is -2.19. The van der Waals surface area contributed by atoms with Crippen LogP contribution in [0.25, 0.3) is 0 Å². The molecule has 0 atom stereocenters. The van der Waals surface area contributed by atoms with Gasteiger partial charge in [0.15, 0.2) is 0 Å². The van der Waals surface area contributed by atoms with Crippen molar-refractivity contribution in [1.82, 2.24) is 9.97 Å². The Bertz CT molecular complexity index is 643. The van der Waals surface area contributed by atoms with Crippen molar-refractivity contribution in [2.75, 3.05) is 18.5 Å². The Kier molecular flexibility index (Phi) is 4.31. The molecular weight excluding hydrogens is 248 g/mol. The highest BCUT2D eigenvalue weighted by Crippen LogP contribution is 2.13. The molecule has 0 radical (unpaired) electrons. The lowest BCUT2D eigenvalue weighted by Crippen LogP contribution is -2.22. The number of aryl methyl sites for hydroxylation is 2. The van der Waals surface area contributed by atoms with Crippen LogP contribution in [-0.2, 0) is 6.42 Å². The van der Waals surface area contributed by atoms with Gasteiger partial charge in [0, 0.05) is 19.7 Å². The summed E-state index contributed by atoms with van der Waals surface area (Å²) in [5.74, 6) is 1.42. The van der Waals surface area contributed by atoms with Crippen molar-refractivity contribution in [2.45, 2.75) is 20.3 Å². The van der Waals surface area contributed by atoms with E-state index in [0.717, 1.165) is 18.8 Å². The van der Waals surface area contributed by atoms with Crippen molar-refractivity contribution >= 4 is 5.82 Å². The quantitative estimate of drug-likeness (QED) is 0.853. The van der Waals surface area contributed by atoms with Crippen LogP contribution in [0, 0.1) is 25.2 Å². The van der Waals surface area contributed by atoms with E-state index in [1.165, 1.54) is 11.1 Å². The van der Waals surface area contributed by atoms with Crippen LogP contribution in [-0.4, -0.2) is 23.6 Å². The lowest BCUT2D eigenvalue weighted by atomic mass is 10.1. The zero-order chi connectivity index (χ0) is 14.5. The van der Waals surface area contributed by atoms with E-state index in [4.69, 9.17) is 5.26 Å². The van der Waals surface area contributed by atoms with E-state index in [2.05, 4.69) is 52.1 Å². The molecule has 0 amide bonds. The van der Waals surface area contributed by atoms with Gasteiger partial charge in [-0.15, -0.1) is 0 Å². The normalized spacial score (nSPS) is 10.1. The third kappa shape index (κ3) is 3.33. The summed E-state index contributed by atoms with van der Waals surface area (Å²) in [6.07, 6.45) is 0.952. The van der Waals surface area contributed by atoms with Crippen LogP contribution in [0.3, 0.4) is 0 Å². The Hall–Kier alpha value is -2.41. The van der Waals surface area contributed by atoms with Gasteiger partial charge in [0.2, 0.25) is 0 Å². The Labute approximate surface area is 119 Å². The van der Waals surface area contributed by atoms with Crippen LogP contribution < -0.4 is 4.90 Å². The van der Waals surface area contributed by atoms with Crippen molar-refractivity contribution in [3.05, 3.63) is 53.0 Å². The van der Waals surface area contributed by atoms with Crippen molar-refractivity contribution in [2.24, 2.45) is 0 Å². The number of hydrogen-bond acceptors (Lipinski definition) is 4. The van der Waals surface area contributed by atoms with Gasteiger partial charge in [-0.05, 0) is 31.4 Å². The van der Waals surface area contributed by atoms with Gasteiger partial charge in [-0.3, -0.25) is 0 Å². The topological polar surface area (TPSA) is 52.8 Å². The minimum Gasteiger partial charge on any atom is -0.359 e. The van der Waals surface area contributed by atoms with Crippen LogP contribution in [0.4, 0.5) is 5.82 Å². The van der Waals surface area contributed by atoms with Gasteiger partial charge < -0.3 is 4.90 Å². The maximum atomic E-state index is 8.95. The summed E-state index contributed by atoms with van der Waals surface area (Å²) in [6, 6.07) is 12.2. The third-order valence-corrected chi connectivity index (χ3v) is 3.31. The first-order valence-corrected chi connectivity index (χ1v) is 6.61. The molecule has 4 heteroatoms. The first-order valence-electron chi connectivity index (χ1n) is 6.61. The average Bonchev–Trinajstić information content (AvgIpc) is 2.45. The third-order valence-electron chi connectivity index (χ3n) is 3.31. The molecule has 0 fully saturated rings. The fourth-order valence-electron chi connectivity index (χ4n) is 2.10. The monoisotopic (exact) mass is 266 g/mol. The van der Waals surface area contributed by atoms with Crippen LogP contribution in [0.1, 0.15) is 22.6 Å². The first-order chi connectivity index (χ1) is 9.60. The fraction of sp³-hybridized carbons (Fsp3) is 0.312. The summed E-state index contributed by atoms with van der Waals surface area (Å²) < 4.78 is 0. The molecule has 1 heterocycles. The number of nitrogens with zero attached hydrogens (tertiary/aromatic N) is 4. The predicted molar refractivity (Wildman–Crippen MR) is 79.6 cm³/mol. The highest BCUT2D eigenvalue weighted by atomic mass is 15.2. The Morgan fingerprint density at radius 1 is 1.20 bits per heavy atom. The van der Waals surface area contributed by atoms with Crippen LogP contribution >= 0.6 is 0 Å². The van der Waals surface area contributed by atoms with E-state index in [1.54, 1.807) is 13.0 Å². The molecule has 0 saturated carbocycles. The summed E-state index contributed by atoms with van der Waals surface area (Å²) in [4.78, 5) is 10.5. The largest absolute Gasteiger partial charge is 0.359 e. The van der Waals surface area contributed by atoms with E-state index < -0.39 is 0 Å². The summed E-state index contributed by atoms with van der Waals surface area (Å²) in [7, 11) is 1.99. The summed E-state index contributed by atoms with van der Waals surface area (Å²) in [5.41, 5.74) is 3.05. The second kappa shape index (κ2) is 6.16. The Morgan fingerprint density at radius 2 is 1.95 bits per heavy atom. The van der Waals surface area contributed by atoms with Crippen molar-refractivity contribution in [3.63, 3.8) is 0 Å². The second-order valence-electron chi connectivity index (χ2n) is 4.87. The molecular formula is C16H18N4. The highest BCUT2D eigenvalue weighted by molar-refractivity contribution is 5.42. The van der Waals surface area contributed by atoms with Gasteiger partial charge >= 0.3 is 0 Å². The van der Waals surface area contributed by atoms with Crippen LogP contribution in [0.15, 0.2) is 30.3 Å². The van der Waals surface area contributed by atoms with Crippen molar-refractivity contribution in [1.29, 1.82) is 5.26 Å². The Morgan fingerprint density at radius 3 is 2.65 bits per heavy atom. The van der Waals surface area contributed by atoms with E-state index >= 15 is 0 Å². The molecule has 0 spiro atoms. The van der Waals surface area contributed by atoms with Crippen molar-refractivity contribution < 1.29 is 0 Å². The fourth-order valence-corrected chi connectivity index (χ4v) is 2.10. The van der Waals surface area contributed by atoms with E-state index in [9.17, 15) is 0 Å². The summed E-state index contributed by atoms with van der Waals surface area (Å²) >= 11 is 0. The molecule has 102 valence electrons. The number of anilines is 1. The molecule has 1 aromatic carbocycles. The van der Waals surface area contributed by atoms with E-state index in [1.807, 2.05) is 7.05 Å². The smallest absolute Gasteiger partial charge is 0.146 e. The second-order valence-corrected chi connectivity index (χ2v) is 4.87. The zero-order valence-electron chi connectivity index (χ0n) is 12.1. The molecule has 0 aliphatic rings. The standard InChI is InChI=1S/C16H18N4/c1-12-6-4-5-7-14(12)8-9-20(3)16-10-15(11-17)18-13(2)19-16/h4-7,10H,8-9H2,1-3H3. The van der Waals surface area contributed by atoms with Gasteiger partial charge in [-0.25, -0.2) is 9.97 Å². The molecule has 0 N–H and O–H groups in total. The van der Waals surface area contributed by atoms with Crippen LogP contribution in [0.2, 0.25) is 0 Å². The molecule has 0 unspecified atom stereocenters. The molecule has 20 heavy (non-hydrogen) atoms. The molecule has 0 aliphatic heterocycles. The highest BCUT2D eigenvalue weighted by Gasteiger charge is 2.07. The first kappa shape index (κ1) is 14.0. The van der Waals surface area contributed by atoms with E-state index in [-0.39, 0.29) is 0 Å². The van der Waals surface area contributed by atoms with E-state index in [0.29, 0.717) is 11.5 Å². The number of rotatable bonds is 4. The molecule has 2 rings (SSSR count). The summed E-state index contributed by atoms with van der Waals surface area (Å²) in [5, 5.41) is 8.95. The molecule has 2 aromatic rings. The van der Waals surface area contributed by atoms with Gasteiger partial charge in [0.1, 0.15) is 23.4 Å². The number of benzene rings is 1. The molecule has 1 aromatic heterocycles. The zero-order valence-corrected chi connectivity index (χ0v) is 12.1. The minimum absolute atomic E-state index is 0.412. The van der Waals surface area contributed by atoms with Gasteiger partial charge in [0.05, 0.1) is 0 Å². The molecule has 0 bridgehead atoms. The minimum atomic E-state index is 0.412. The van der Waals surface area contributed by atoms with Gasteiger partial charge in [0.25, 0.3) is 0 Å². The maximum absolute atomic E-state index is 8.95. The predicted octanol–water partition coefficient (Wildman–Crippen LogP) is 2.64. The van der Waals surface area contributed by atoms with Crippen molar-refractivity contribution in [3.8, 4) is 6.07 Å². The SMILES string of the molecule is Cc1nc(C#N)cc(N(C)CCc2ccccc2C)n1. The number of aromatic nitrogens is 2. The molecule has 0 aliphatic carbocycles. The summed E-state index contributed by atoms with van der Waals surface area (Å²) in [6.45, 7) is 4.78. The Balaban J connectivity index is 2.09. The number of hydrogen-bond donors (Lipinski definition) is 0. The molecule has 0 saturated heterocycles. The maximum Gasteiger partial charge on any atom is 0.146 e. The average molecular weight is 266 g/mol.